The summed E-state index contributed by atoms with van der Waals surface area (Å²) in [5, 5.41) is 14.6. The van der Waals surface area contributed by atoms with E-state index in [4.69, 9.17) is 9.57 Å². The number of ether oxygens (including phenoxy) is 1. The molecule has 0 bridgehead atoms. The molecule has 0 heterocycles. The Morgan fingerprint density at radius 2 is 1.93 bits per heavy atom. The first-order valence-corrected chi connectivity index (χ1v) is 11.6. The van der Waals surface area contributed by atoms with Crippen molar-refractivity contribution < 1.29 is 24.3 Å². The van der Waals surface area contributed by atoms with Gasteiger partial charge >= 0.3 is 5.97 Å². The first-order chi connectivity index (χ1) is 14.3. The molecule has 0 amide bonds. The van der Waals surface area contributed by atoms with Crippen LogP contribution >= 0.6 is 0 Å². The van der Waals surface area contributed by atoms with Crippen molar-refractivity contribution in [3.63, 3.8) is 0 Å². The molecule has 0 radical (unpaired) electrons. The molecule has 3 fully saturated rings. The van der Waals surface area contributed by atoms with Crippen molar-refractivity contribution in [2.45, 2.75) is 84.7 Å². The van der Waals surface area contributed by atoms with Gasteiger partial charge in [-0.15, -0.1) is 0 Å². The van der Waals surface area contributed by atoms with E-state index in [-0.39, 0.29) is 22.9 Å². The topological polar surface area (TPSA) is 88.0 Å². The van der Waals surface area contributed by atoms with Crippen molar-refractivity contribution >= 4 is 17.7 Å². The molecule has 4 rings (SSSR count). The largest absolute Gasteiger partial charge is 0.546 e. The summed E-state index contributed by atoms with van der Waals surface area (Å²) in [6, 6.07) is 0. The summed E-state index contributed by atoms with van der Waals surface area (Å²) in [6.07, 6.45) is 11.2. The Balaban J connectivity index is 1.51. The van der Waals surface area contributed by atoms with Crippen molar-refractivity contribution in [1.29, 1.82) is 0 Å². The van der Waals surface area contributed by atoms with E-state index in [2.05, 4.69) is 25.1 Å². The SMILES string of the molecule is CCC(=O)O[C@@H]1CC[C@H]2[C@H]3CCC4=CC(=NOCC(=O)[O-])CC[C@]4(C)[C@@H]3CC[C@]12C. The highest BCUT2D eigenvalue weighted by Crippen LogP contribution is 2.65. The van der Waals surface area contributed by atoms with Crippen LogP contribution in [0.2, 0.25) is 0 Å². The maximum atomic E-state index is 12.0. The average molecular weight is 417 g/mol. The van der Waals surface area contributed by atoms with E-state index in [1.807, 2.05) is 6.92 Å². The summed E-state index contributed by atoms with van der Waals surface area (Å²) in [5.41, 5.74) is 2.58. The normalized spacial score (nSPS) is 41.3. The van der Waals surface area contributed by atoms with Gasteiger partial charge in [0.25, 0.3) is 0 Å². The second kappa shape index (κ2) is 8.01. The Hall–Kier alpha value is -1.85. The van der Waals surface area contributed by atoms with E-state index in [0.29, 0.717) is 24.2 Å². The summed E-state index contributed by atoms with van der Waals surface area (Å²) in [4.78, 5) is 27.4. The molecule has 0 aromatic rings. The number of hydrogen-bond donors (Lipinski definition) is 0. The lowest BCUT2D eigenvalue weighted by Crippen LogP contribution is -2.51. The van der Waals surface area contributed by atoms with E-state index in [9.17, 15) is 14.7 Å². The molecule has 166 valence electrons. The number of carboxylic acid groups (broad SMARTS) is 1. The van der Waals surface area contributed by atoms with Gasteiger partial charge in [-0.25, -0.2) is 0 Å². The van der Waals surface area contributed by atoms with Crippen molar-refractivity contribution in [1.82, 2.24) is 0 Å². The number of allylic oxidation sites excluding steroid dienone is 2. The van der Waals surface area contributed by atoms with Gasteiger partial charge in [0.1, 0.15) is 6.10 Å². The number of hydrogen-bond acceptors (Lipinski definition) is 6. The third-order valence-corrected chi connectivity index (χ3v) is 8.82. The average Bonchev–Trinajstić information content (AvgIpc) is 3.04. The zero-order valence-corrected chi connectivity index (χ0v) is 18.4. The molecule has 6 heteroatoms. The Bertz CT molecular complexity index is 774. The van der Waals surface area contributed by atoms with Crippen LogP contribution in [0.25, 0.3) is 0 Å². The molecule has 4 aliphatic carbocycles. The van der Waals surface area contributed by atoms with E-state index >= 15 is 0 Å². The lowest BCUT2D eigenvalue weighted by molar-refractivity contribution is -0.309. The van der Waals surface area contributed by atoms with Crippen LogP contribution < -0.4 is 5.11 Å². The standard InChI is InChI=1S/C24H35NO5/c1-4-22(28)30-20-8-7-18-17-6-5-15-13-16(25-29-14-21(26)27)9-11-23(15,2)19(17)10-12-24(18,20)3/h13,17-20H,4-12,14H2,1-3H3,(H,26,27)/p-1/t17-,18+,19-,20-,23+,24+/m1/s1. The van der Waals surface area contributed by atoms with Crippen LogP contribution in [0.5, 0.6) is 0 Å². The Labute approximate surface area is 179 Å². The molecule has 0 spiro atoms. The van der Waals surface area contributed by atoms with Gasteiger partial charge in [0.15, 0.2) is 6.61 Å². The molecule has 0 saturated heterocycles. The van der Waals surface area contributed by atoms with Gasteiger partial charge in [0.05, 0.1) is 11.7 Å². The maximum absolute atomic E-state index is 12.0. The van der Waals surface area contributed by atoms with Gasteiger partial charge in [-0.3, -0.25) is 4.79 Å². The highest BCUT2D eigenvalue weighted by Gasteiger charge is 2.59. The highest BCUT2D eigenvalue weighted by atomic mass is 16.6. The lowest BCUT2D eigenvalue weighted by atomic mass is 9.47. The molecule has 0 aliphatic heterocycles. The lowest BCUT2D eigenvalue weighted by Gasteiger charge is -2.58. The van der Waals surface area contributed by atoms with Crippen molar-refractivity contribution in [2.75, 3.05) is 6.61 Å². The summed E-state index contributed by atoms with van der Waals surface area (Å²) < 4.78 is 5.89. The molecule has 4 aliphatic rings. The predicted octanol–water partition coefficient (Wildman–Crippen LogP) is 3.39. The molecule has 0 aromatic heterocycles. The number of carbonyl (C=O) groups is 2. The molecular weight excluding hydrogens is 382 g/mol. The van der Waals surface area contributed by atoms with Gasteiger partial charge in [-0.2, -0.15) is 0 Å². The highest BCUT2D eigenvalue weighted by molar-refractivity contribution is 5.96. The summed E-state index contributed by atoms with van der Waals surface area (Å²) in [6.45, 7) is 6.15. The minimum atomic E-state index is -1.25. The first-order valence-electron chi connectivity index (χ1n) is 11.6. The quantitative estimate of drug-likeness (QED) is 0.506. The molecular formula is C24H34NO5-. The number of carbonyl (C=O) groups excluding carboxylic acids is 2. The second-order valence-electron chi connectivity index (χ2n) is 10.2. The fourth-order valence-electron chi connectivity index (χ4n) is 7.20. The number of rotatable bonds is 5. The smallest absolute Gasteiger partial charge is 0.305 e. The second-order valence-corrected chi connectivity index (χ2v) is 10.2. The van der Waals surface area contributed by atoms with Crippen LogP contribution in [0.1, 0.15) is 78.6 Å². The molecule has 3 saturated carbocycles. The van der Waals surface area contributed by atoms with E-state index < -0.39 is 12.6 Å². The first kappa shape index (κ1) is 21.4. The van der Waals surface area contributed by atoms with E-state index in [1.165, 1.54) is 18.4 Å². The fourth-order valence-corrected chi connectivity index (χ4v) is 7.20. The molecule has 6 nitrogen and oxygen atoms in total. The Kier molecular flexibility index (Phi) is 5.71. The van der Waals surface area contributed by atoms with Crippen molar-refractivity contribution in [3.05, 3.63) is 11.6 Å². The number of carboxylic acids is 1. The van der Waals surface area contributed by atoms with Crippen LogP contribution in [0.15, 0.2) is 16.8 Å². The van der Waals surface area contributed by atoms with Gasteiger partial charge in [0.2, 0.25) is 0 Å². The fraction of sp³-hybridized carbons (Fsp3) is 0.792. The molecule has 0 N–H and O–H groups in total. The molecule has 30 heavy (non-hydrogen) atoms. The van der Waals surface area contributed by atoms with E-state index in [0.717, 1.165) is 44.2 Å². The number of nitrogens with zero attached hydrogens (tertiary/aromatic N) is 1. The number of fused-ring (bicyclic) bond motifs is 5. The number of aliphatic carboxylic acids is 1. The third-order valence-electron chi connectivity index (χ3n) is 8.82. The van der Waals surface area contributed by atoms with Gasteiger partial charge in [-0.1, -0.05) is 31.5 Å². The Morgan fingerprint density at radius 1 is 1.13 bits per heavy atom. The zero-order valence-electron chi connectivity index (χ0n) is 18.4. The zero-order chi connectivity index (χ0) is 21.5. The summed E-state index contributed by atoms with van der Waals surface area (Å²) in [7, 11) is 0. The monoisotopic (exact) mass is 416 g/mol. The van der Waals surface area contributed by atoms with Crippen LogP contribution in [0, 0.1) is 28.6 Å². The van der Waals surface area contributed by atoms with Crippen LogP contribution in [0.3, 0.4) is 0 Å². The maximum Gasteiger partial charge on any atom is 0.305 e. The third kappa shape index (κ3) is 3.56. The number of esters is 1. The van der Waals surface area contributed by atoms with E-state index in [1.54, 1.807) is 0 Å². The Morgan fingerprint density at radius 3 is 2.67 bits per heavy atom. The van der Waals surface area contributed by atoms with Gasteiger partial charge in [0, 0.05) is 11.8 Å². The minimum absolute atomic E-state index is 0.0650. The molecule has 0 unspecified atom stereocenters. The molecule has 0 aromatic carbocycles. The molecule has 6 atom stereocenters. The van der Waals surface area contributed by atoms with Crippen LogP contribution in [-0.2, 0) is 19.2 Å². The van der Waals surface area contributed by atoms with Crippen molar-refractivity contribution in [2.24, 2.45) is 33.7 Å². The van der Waals surface area contributed by atoms with Crippen LogP contribution in [0.4, 0.5) is 0 Å². The minimum Gasteiger partial charge on any atom is -0.546 e. The van der Waals surface area contributed by atoms with Gasteiger partial charge < -0.3 is 19.5 Å². The van der Waals surface area contributed by atoms with Gasteiger partial charge in [-0.05, 0) is 80.6 Å². The summed E-state index contributed by atoms with van der Waals surface area (Å²) >= 11 is 0. The van der Waals surface area contributed by atoms with Crippen LogP contribution in [-0.4, -0.2) is 30.4 Å². The van der Waals surface area contributed by atoms with Crippen molar-refractivity contribution in [3.8, 4) is 0 Å². The predicted molar refractivity (Wildman–Crippen MR) is 110 cm³/mol. The summed E-state index contributed by atoms with van der Waals surface area (Å²) in [5.74, 6) is 0.652. The number of oxime groups is 1.